The van der Waals surface area contributed by atoms with Crippen molar-refractivity contribution in [3.8, 4) is 5.69 Å². The molecular formula is C14H18N4. The summed E-state index contributed by atoms with van der Waals surface area (Å²) in [5.74, 6) is 0.971. The molecule has 4 heteroatoms. The molecule has 0 saturated heterocycles. The van der Waals surface area contributed by atoms with Gasteiger partial charge in [0.05, 0.1) is 17.6 Å². The Morgan fingerprint density at radius 1 is 1.28 bits per heavy atom. The number of rotatable bonds is 3. The molecule has 0 amide bonds. The lowest BCUT2D eigenvalue weighted by atomic mass is 10.1. The predicted molar refractivity (Wildman–Crippen MR) is 70.4 cm³/mol. The molecular weight excluding hydrogens is 224 g/mol. The molecule has 1 fully saturated rings. The first kappa shape index (κ1) is 11.4. The van der Waals surface area contributed by atoms with E-state index in [0.29, 0.717) is 11.8 Å². The van der Waals surface area contributed by atoms with Crippen LogP contribution in [0.4, 0.5) is 0 Å². The van der Waals surface area contributed by atoms with Crippen LogP contribution in [0.25, 0.3) is 5.69 Å². The van der Waals surface area contributed by atoms with E-state index >= 15 is 0 Å². The number of para-hydroxylation sites is 1. The Balaban J connectivity index is 1.88. The maximum absolute atomic E-state index is 5.80. The molecule has 1 aliphatic rings. The molecule has 2 aromatic rings. The Morgan fingerprint density at radius 2 is 2.00 bits per heavy atom. The summed E-state index contributed by atoms with van der Waals surface area (Å²) < 4.78 is 1.83. The van der Waals surface area contributed by atoms with Crippen molar-refractivity contribution in [3.63, 3.8) is 0 Å². The summed E-state index contributed by atoms with van der Waals surface area (Å²) in [5, 5.41) is 8.51. The van der Waals surface area contributed by atoms with Crippen molar-refractivity contribution in [2.75, 3.05) is 6.54 Å². The highest BCUT2D eigenvalue weighted by molar-refractivity contribution is 5.32. The molecule has 1 heterocycles. The summed E-state index contributed by atoms with van der Waals surface area (Å²) in [4.78, 5) is 0. The third-order valence-corrected chi connectivity index (χ3v) is 4.15. The number of aromatic nitrogens is 3. The molecule has 2 N–H and O–H groups in total. The maximum atomic E-state index is 5.80. The lowest BCUT2D eigenvalue weighted by molar-refractivity contribution is 0.557. The van der Waals surface area contributed by atoms with Crippen LogP contribution in [-0.4, -0.2) is 21.5 Å². The lowest BCUT2D eigenvalue weighted by Crippen LogP contribution is -2.05. The van der Waals surface area contributed by atoms with Crippen LogP contribution in [0.5, 0.6) is 0 Å². The molecule has 1 aromatic carbocycles. The van der Waals surface area contributed by atoms with E-state index in [-0.39, 0.29) is 5.41 Å². The zero-order valence-electron chi connectivity index (χ0n) is 10.7. The van der Waals surface area contributed by atoms with E-state index in [0.717, 1.165) is 17.9 Å². The quantitative estimate of drug-likeness (QED) is 0.895. The highest BCUT2D eigenvalue weighted by atomic mass is 15.4. The van der Waals surface area contributed by atoms with Crippen LogP contribution in [0.2, 0.25) is 0 Å². The predicted octanol–water partition coefficient (Wildman–Crippen LogP) is 1.97. The maximum Gasteiger partial charge on any atom is 0.0871 e. The van der Waals surface area contributed by atoms with Crippen molar-refractivity contribution in [2.45, 2.75) is 19.8 Å². The van der Waals surface area contributed by atoms with E-state index in [2.05, 4.69) is 24.2 Å². The van der Waals surface area contributed by atoms with E-state index in [4.69, 9.17) is 5.73 Å². The summed E-state index contributed by atoms with van der Waals surface area (Å²) in [6.45, 7) is 5.21. The minimum absolute atomic E-state index is 0.256. The summed E-state index contributed by atoms with van der Waals surface area (Å²) in [6.07, 6.45) is 2.03. The van der Waals surface area contributed by atoms with Crippen molar-refractivity contribution < 1.29 is 0 Å². The normalized spacial score (nSPS) is 25.1. The monoisotopic (exact) mass is 242 g/mol. The van der Waals surface area contributed by atoms with Crippen LogP contribution >= 0.6 is 0 Å². The van der Waals surface area contributed by atoms with Crippen LogP contribution < -0.4 is 5.73 Å². The van der Waals surface area contributed by atoms with Gasteiger partial charge in [-0.25, -0.2) is 4.68 Å². The van der Waals surface area contributed by atoms with Crippen molar-refractivity contribution in [3.05, 3.63) is 42.2 Å². The second kappa shape index (κ2) is 3.92. The minimum Gasteiger partial charge on any atom is -0.330 e. The van der Waals surface area contributed by atoms with E-state index in [1.807, 2.05) is 41.2 Å². The topological polar surface area (TPSA) is 56.7 Å². The number of hydrogen-bond acceptors (Lipinski definition) is 3. The van der Waals surface area contributed by atoms with Crippen LogP contribution in [0, 0.1) is 11.3 Å². The van der Waals surface area contributed by atoms with E-state index in [1.54, 1.807) is 0 Å². The first-order valence-electron chi connectivity index (χ1n) is 6.32. The number of hydrogen-bond donors (Lipinski definition) is 1. The highest BCUT2D eigenvalue weighted by Gasteiger charge is 2.58. The molecule has 94 valence electrons. The van der Waals surface area contributed by atoms with Gasteiger partial charge in [0.2, 0.25) is 0 Å². The van der Waals surface area contributed by atoms with Crippen molar-refractivity contribution in [1.82, 2.24) is 15.0 Å². The van der Waals surface area contributed by atoms with Gasteiger partial charge in [0.1, 0.15) is 0 Å². The van der Waals surface area contributed by atoms with Crippen LogP contribution in [0.3, 0.4) is 0 Å². The first-order chi connectivity index (χ1) is 8.64. The minimum atomic E-state index is 0.256. The van der Waals surface area contributed by atoms with Gasteiger partial charge < -0.3 is 5.73 Å². The van der Waals surface area contributed by atoms with Gasteiger partial charge in [-0.1, -0.05) is 37.3 Å². The zero-order valence-corrected chi connectivity index (χ0v) is 10.7. The summed E-state index contributed by atoms with van der Waals surface area (Å²) in [7, 11) is 0. The van der Waals surface area contributed by atoms with Crippen molar-refractivity contribution >= 4 is 0 Å². The molecule has 1 aromatic heterocycles. The molecule has 1 saturated carbocycles. The van der Waals surface area contributed by atoms with E-state index in [1.165, 1.54) is 0 Å². The van der Waals surface area contributed by atoms with Crippen molar-refractivity contribution in [2.24, 2.45) is 17.1 Å². The SMILES string of the molecule is CC1(C)[C@@H](CN)[C@@H]1c1cn(-c2ccccc2)nn1. The molecule has 4 nitrogen and oxygen atoms in total. The Hall–Kier alpha value is -1.68. The lowest BCUT2D eigenvalue weighted by Gasteiger charge is -1.99. The molecule has 0 aliphatic heterocycles. The average Bonchev–Trinajstić information content (AvgIpc) is 2.77. The molecule has 1 aliphatic carbocycles. The zero-order chi connectivity index (χ0) is 12.8. The fourth-order valence-corrected chi connectivity index (χ4v) is 2.90. The second-order valence-corrected chi connectivity index (χ2v) is 5.56. The summed E-state index contributed by atoms with van der Waals surface area (Å²) in [5.41, 5.74) is 8.15. The van der Waals surface area contributed by atoms with E-state index < -0.39 is 0 Å². The molecule has 0 spiro atoms. The molecule has 3 rings (SSSR count). The van der Waals surface area contributed by atoms with Crippen LogP contribution in [0.15, 0.2) is 36.5 Å². The van der Waals surface area contributed by atoms with Crippen LogP contribution in [0.1, 0.15) is 25.5 Å². The molecule has 2 atom stereocenters. The Labute approximate surface area is 107 Å². The van der Waals surface area contributed by atoms with Crippen LogP contribution in [-0.2, 0) is 0 Å². The second-order valence-electron chi connectivity index (χ2n) is 5.56. The smallest absolute Gasteiger partial charge is 0.0871 e. The Bertz CT molecular complexity index is 544. The summed E-state index contributed by atoms with van der Waals surface area (Å²) >= 11 is 0. The van der Waals surface area contributed by atoms with Gasteiger partial charge in [0.25, 0.3) is 0 Å². The Morgan fingerprint density at radius 3 is 2.61 bits per heavy atom. The molecule has 0 bridgehead atoms. The fourth-order valence-electron chi connectivity index (χ4n) is 2.90. The molecule has 0 unspecified atom stereocenters. The van der Waals surface area contributed by atoms with Gasteiger partial charge in [-0.05, 0) is 30.0 Å². The van der Waals surface area contributed by atoms with Gasteiger partial charge >= 0.3 is 0 Å². The van der Waals surface area contributed by atoms with Gasteiger partial charge in [-0.15, -0.1) is 5.10 Å². The van der Waals surface area contributed by atoms with Crippen molar-refractivity contribution in [1.29, 1.82) is 0 Å². The van der Waals surface area contributed by atoms with Gasteiger partial charge in [-0.2, -0.15) is 0 Å². The average molecular weight is 242 g/mol. The Kier molecular flexibility index (Phi) is 2.48. The number of nitrogens with zero attached hydrogens (tertiary/aromatic N) is 3. The van der Waals surface area contributed by atoms with E-state index in [9.17, 15) is 0 Å². The van der Waals surface area contributed by atoms with Gasteiger partial charge in [0, 0.05) is 5.92 Å². The fraction of sp³-hybridized carbons (Fsp3) is 0.429. The molecule has 0 radical (unpaired) electrons. The standard InChI is InChI=1S/C14H18N4/c1-14(2)11(8-15)13(14)12-9-18(17-16-12)10-6-4-3-5-7-10/h3-7,9,11,13H,8,15H2,1-2H3/t11-,13+/m0/s1. The number of benzene rings is 1. The third kappa shape index (κ3) is 1.64. The molecule has 18 heavy (non-hydrogen) atoms. The first-order valence-corrected chi connectivity index (χ1v) is 6.32. The highest BCUT2D eigenvalue weighted by Crippen LogP contribution is 2.63. The third-order valence-electron chi connectivity index (χ3n) is 4.15. The van der Waals surface area contributed by atoms with Gasteiger partial charge in [0.15, 0.2) is 0 Å². The largest absolute Gasteiger partial charge is 0.330 e. The summed E-state index contributed by atoms with van der Waals surface area (Å²) in [6, 6.07) is 10.0. The van der Waals surface area contributed by atoms with Gasteiger partial charge in [-0.3, -0.25) is 0 Å². The number of nitrogens with two attached hydrogens (primary N) is 1.